The molecule has 0 radical (unpaired) electrons. The first-order valence-electron chi connectivity index (χ1n) is 15.5. The lowest BCUT2D eigenvalue weighted by Gasteiger charge is -2.34. The molecule has 246 valence electrons. The molecular weight excluding hydrogens is 592 g/mol. The minimum atomic E-state index is -2.17. The molecule has 0 saturated carbocycles. The van der Waals surface area contributed by atoms with E-state index in [9.17, 15) is 19.2 Å². The number of carbonyl (C=O) groups excluding carboxylic acids is 3. The van der Waals surface area contributed by atoms with Gasteiger partial charge < -0.3 is 18.7 Å². The van der Waals surface area contributed by atoms with Crippen molar-refractivity contribution in [3.8, 4) is 5.75 Å². The van der Waals surface area contributed by atoms with Crippen LogP contribution in [0.4, 0.5) is 0 Å². The fourth-order valence-electron chi connectivity index (χ4n) is 4.85. The van der Waals surface area contributed by atoms with Gasteiger partial charge in [-0.3, -0.25) is 19.2 Å². The number of benzene rings is 2. The average Bonchev–Trinajstić information content (AvgIpc) is 3.40. The third-order valence-electron chi connectivity index (χ3n) is 7.15. The number of fused-ring (bicyclic) bond motifs is 2. The number of hydrogen-bond acceptors (Lipinski definition) is 11. The third-order valence-corrected chi connectivity index (χ3v) is 7.15. The number of carbonyl (C=O) groups is 3. The van der Waals surface area contributed by atoms with Gasteiger partial charge in [0.1, 0.15) is 22.5 Å². The number of Topliss-reactive ketones (excluding diaryl/α,β-unsaturated/α-hetero) is 1. The zero-order chi connectivity index (χ0) is 33.7. The molecule has 0 aliphatic heterocycles. The lowest BCUT2D eigenvalue weighted by atomic mass is 9.78. The Bertz CT molecular complexity index is 1750. The molecule has 4 rings (SSSR count). The molecule has 0 unspecified atom stereocenters. The van der Waals surface area contributed by atoms with E-state index in [4.69, 9.17) is 18.7 Å². The Morgan fingerprint density at radius 1 is 0.891 bits per heavy atom. The number of unbranched alkanes of at least 4 members (excludes halogenated alkanes) is 2. The van der Waals surface area contributed by atoms with Crippen LogP contribution >= 0.6 is 0 Å². The van der Waals surface area contributed by atoms with Crippen molar-refractivity contribution in [3.05, 3.63) is 58.5 Å². The first-order chi connectivity index (χ1) is 21.6. The molecule has 2 aromatic carbocycles. The Labute approximate surface area is 267 Å². The quantitative estimate of drug-likeness (QED) is 0.0755. The van der Waals surface area contributed by atoms with E-state index >= 15 is 0 Å². The van der Waals surface area contributed by atoms with Crippen LogP contribution in [0.5, 0.6) is 5.75 Å². The summed E-state index contributed by atoms with van der Waals surface area (Å²) in [6.07, 6.45) is 2.01. The predicted molar refractivity (Wildman–Crippen MR) is 171 cm³/mol. The molecule has 0 amide bonds. The van der Waals surface area contributed by atoms with Crippen LogP contribution in [-0.2, 0) is 25.6 Å². The molecule has 12 nitrogen and oxygen atoms in total. The van der Waals surface area contributed by atoms with Gasteiger partial charge in [-0.25, -0.2) is 4.68 Å². The van der Waals surface area contributed by atoms with Gasteiger partial charge in [0.2, 0.25) is 0 Å². The number of nitrogens with zero attached hydrogens (tertiary/aromatic N) is 4. The highest BCUT2D eigenvalue weighted by molar-refractivity contribution is 6.11. The summed E-state index contributed by atoms with van der Waals surface area (Å²) in [5.74, 6) is -2.03. The topological polar surface area (TPSA) is 153 Å². The van der Waals surface area contributed by atoms with Gasteiger partial charge in [-0.05, 0) is 78.6 Å². The van der Waals surface area contributed by atoms with Crippen molar-refractivity contribution in [3.63, 3.8) is 0 Å². The first-order valence-corrected chi connectivity index (χ1v) is 15.5. The molecule has 46 heavy (non-hydrogen) atoms. The van der Waals surface area contributed by atoms with Crippen molar-refractivity contribution in [2.75, 3.05) is 6.61 Å². The van der Waals surface area contributed by atoms with Gasteiger partial charge in [0.25, 0.3) is 5.56 Å². The summed E-state index contributed by atoms with van der Waals surface area (Å²) in [6.45, 7) is 12.3. The number of aromatic nitrogens is 4. The van der Waals surface area contributed by atoms with Crippen LogP contribution in [0.25, 0.3) is 21.9 Å². The highest BCUT2D eigenvalue weighted by Gasteiger charge is 2.53. The molecule has 2 aromatic heterocycles. The average molecular weight is 635 g/mol. The van der Waals surface area contributed by atoms with Crippen LogP contribution < -0.4 is 10.3 Å². The van der Waals surface area contributed by atoms with Gasteiger partial charge in [-0.15, -0.1) is 5.10 Å². The van der Waals surface area contributed by atoms with E-state index in [-0.39, 0.29) is 18.7 Å². The first kappa shape index (κ1) is 34.3. The summed E-state index contributed by atoms with van der Waals surface area (Å²) in [4.78, 5) is 55.3. The van der Waals surface area contributed by atoms with Crippen molar-refractivity contribution in [1.82, 2.24) is 20.2 Å². The SMILES string of the molecule is CCCCCOc1ccc2c(C(=O)CC(CCn3nnc4ccccc4c3=O)(C(=O)OC(C)(C)C)C(=O)OC(C)(C)C)noc2c1. The molecule has 0 aliphatic rings. The van der Waals surface area contributed by atoms with E-state index in [0.29, 0.717) is 34.2 Å². The molecule has 0 bridgehead atoms. The van der Waals surface area contributed by atoms with Crippen LogP contribution in [-0.4, -0.2) is 55.7 Å². The third kappa shape index (κ3) is 8.15. The largest absolute Gasteiger partial charge is 0.493 e. The van der Waals surface area contributed by atoms with Crippen molar-refractivity contribution in [1.29, 1.82) is 0 Å². The van der Waals surface area contributed by atoms with Gasteiger partial charge in [-0.1, -0.05) is 42.3 Å². The van der Waals surface area contributed by atoms with Crippen LogP contribution in [0.3, 0.4) is 0 Å². The lowest BCUT2D eigenvalue weighted by molar-refractivity contribution is -0.186. The maximum Gasteiger partial charge on any atom is 0.324 e. The fraction of sp³-hybridized carbons (Fsp3) is 0.500. The minimum Gasteiger partial charge on any atom is -0.493 e. The van der Waals surface area contributed by atoms with Gasteiger partial charge in [0.05, 0.1) is 17.4 Å². The molecule has 0 N–H and O–H groups in total. The van der Waals surface area contributed by atoms with Crippen LogP contribution in [0.1, 0.15) is 91.1 Å². The summed E-state index contributed by atoms with van der Waals surface area (Å²) in [7, 11) is 0. The number of aryl methyl sites for hydroxylation is 1. The highest BCUT2D eigenvalue weighted by Crippen LogP contribution is 2.37. The van der Waals surface area contributed by atoms with Crippen molar-refractivity contribution in [2.45, 2.75) is 98.3 Å². The lowest BCUT2D eigenvalue weighted by Crippen LogP contribution is -2.49. The maximum absolute atomic E-state index is 14.0. The van der Waals surface area contributed by atoms with E-state index in [2.05, 4.69) is 22.4 Å². The van der Waals surface area contributed by atoms with Gasteiger partial charge in [-0.2, -0.15) is 0 Å². The Kier molecular flexibility index (Phi) is 10.3. The van der Waals surface area contributed by atoms with Crippen molar-refractivity contribution in [2.24, 2.45) is 5.41 Å². The Balaban J connectivity index is 1.73. The second-order valence-corrected chi connectivity index (χ2v) is 13.3. The second-order valence-electron chi connectivity index (χ2n) is 13.3. The fourth-order valence-corrected chi connectivity index (χ4v) is 4.85. The molecule has 0 aliphatic carbocycles. The second kappa shape index (κ2) is 13.8. The molecule has 2 heterocycles. The summed E-state index contributed by atoms with van der Waals surface area (Å²) < 4.78 is 23.8. The normalized spacial score (nSPS) is 12.3. The molecule has 0 spiro atoms. The van der Waals surface area contributed by atoms with Gasteiger partial charge in [0.15, 0.2) is 22.5 Å². The van der Waals surface area contributed by atoms with Crippen molar-refractivity contribution < 1.29 is 33.1 Å². The molecular formula is C34H42N4O8. The number of hydrogen-bond donors (Lipinski definition) is 0. The Morgan fingerprint density at radius 2 is 1.57 bits per heavy atom. The number of ketones is 1. The Morgan fingerprint density at radius 3 is 2.22 bits per heavy atom. The standard InChI is InChI=1S/C34H42N4O8/c1-8-9-12-19-43-22-15-16-24-27(20-22)46-36-28(24)26(39)21-34(30(41)44-32(2,3)4,31(42)45-33(5,6)7)17-18-38-29(40)23-13-10-11-14-25(23)35-37-38/h10-11,13-16,20H,8-9,12,17-19,21H2,1-7H3. The molecule has 0 atom stereocenters. The predicted octanol–water partition coefficient (Wildman–Crippen LogP) is 5.83. The van der Waals surface area contributed by atoms with Crippen molar-refractivity contribution >= 4 is 39.6 Å². The smallest absolute Gasteiger partial charge is 0.324 e. The summed E-state index contributed by atoms with van der Waals surface area (Å²) in [5, 5.41) is 12.8. The van der Waals surface area contributed by atoms with Crippen LogP contribution in [0.15, 0.2) is 51.8 Å². The number of ether oxygens (including phenoxy) is 3. The molecule has 4 aromatic rings. The van der Waals surface area contributed by atoms with E-state index in [1.807, 2.05) is 0 Å². The monoisotopic (exact) mass is 634 g/mol. The van der Waals surface area contributed by atoms with Gasteiger partial charge >= 0.3 is 11.9 Å². The van der Waals surface area contributed by atoms with E-state index < -0.39 is 46.3 Å². The van der Waals surface area contributed by atoms with E-state index in [1.54, 1.807) is 84.0 Å². The molecule has 0 saturated heterocycles. The van der Waals surface area contributed by atoms with E-state index in [0.717, 1.165) is 23.9 Å². The summed E-state index contributed by atoms with van der Waals surface area (Å²) >= 11 is 0. The highest BCUT2D eigenvalue weighted by atomic mass is 16.6. The minimum absolute atomic E-state index is 0.0633. The van der Waals surface area contributed by atoms with E-state index in [1.165, 1.54) is 0 Å². The zero-order valence-corrected chi connectivity index (χ0v) is 27.5. The molecule has 0 fully saturated rings. The number of rotatable bonds is 13. The Hall–Kier alpha value is -4.61. The summed E-state index contributed by atoms with van der Waals surface area (Å²) in [5.41, 5.74) is -4.01. The van der Waals surface area contributed by atoms with Crippen LogP contribution in [0.2, 0.25) is 0 Å². The zero-order valence-electron chi connectivity index (χ0n) is 27.5. The number of esters is 2. The van der Waals surface area contributed by atoms with Gasteiger partial charge in [0, 0.05) is 19.0 Å². The summed E-state index contributed by atoms with van der Waals surface area (Å²) in [6, 6.07) is 11.7. The molecule has 12 heteroatoms. The maximum atomic E-state index is 14.0. The van der Waals surface area contributed by atoms with Crippen LogP contribution in [0, 0.1) is 5.41 Å².